The number of aromatic nitrogens is 2. The highest BCUT2D eigenvalue weighted by atomic mass is 19.1. The number of amides is 1. The molecule has 126 valence electrons. The van der Waals surface area contributed by atoms with Gasteiger partial charge in [-0.05, 0) is 55.3 Å². The average molecular weight is 336 g/mol. The molecule has 5 nitrogen and oxygen atoms in total. The van der Waals surface area contributed by atoms with Crippen LogP contribution in [0.1, 0.15) is 21.5 Å². The maximum atomic E-state index is 12.9. The number of hydrogen-bond donors (Lipinski definition) is 2. The number of carbonyl (C=O) groups is 1. The van der Waals surface area contributed by atoms with Gasteiger partial charge in [0.15, 0.2) is 0 Å². The number of carbonyl (C=O) groups excluding carboxylic acids is 1. The first-order valence-electron chi connectivity index (χ1n) is 7.74. The van der Waals surface area contributed by atoms with Crippen LogP contribution in [0, 0.1) is 19.7 Å². The third-order valence-corrected chi connectivity index (χ3v) is 3.66. The second-order valence-electron chi connectivity index (χ2n) is 5.70. The molecule has 0 fully saturated rings. The van der Waals surface area contributed by atoms with Crippen LogP contribution in [0.5, 0.6) is 0 Å². The fraction of sp³-hybridized carbons (Fsp3) is 0.105. The molecule has 25 heavy (non-hydrogen) atoms. The molecule has 6 heteroatoms. The van der Waals surface area contributed by atoms with E-state index in [9.17, 15) is 9.18 Å². The molecule has 1 heterocycles. The maximum Gasteiger partial charge on any atom is 0.258 e. The second-order valence-corrected chi connectivity index (χ2v) is 5.70. The molecular formula is C19H17FN4O. The highest BCUT2D eigenvalue weighted by molar-refractivity contribution is 6.03. The van der Waals surface area contributed by atoms with Gasteiger partial charge < -0.3 is 10.6 Å². The second kappa shape index (κ2) is 7.09. The minimum atomic E-state index is -0.358. The molecular weight excluding hydrogens is 319 g/mol. The predicted molar refractivity (Wildman–Crippen MR) is 95.6 cm³/mol. The van der Waals surface area contributed by atoms with E-state index in [0.717, 1.165) is 16.8 Å². The summed E-state index contributed by atoms with van der Waals surface area (Å²) < 4.78 is 12.9. The Morgan fingerprint density at radius 3 is 2.36 bits per heavy atom. The summed E-state index contributed by atoms with van der Waals surface area (Å²) in [5, 5.41) is 5.80. The van der Waals surface area contributed by atoms with Crippen molar-refractivity contribution in [3.8, 4) is 0 Å². The van der Waals surface area contributed by atoms with Gasteiger partial charge in [0.05, 0.1) is 5.56 Å². The Balaban J connectivity index is 1.70. The molecule has 1 amide bonds. The Labute approximate surface area is 145 Å². The topological polar surface area (TPSA) is 66.9 Å². The highest BCUT2D eigenvalue weighted by Crippen LogP contribution is 2.19. The lowest BCUT2D eigenvalue weighted by molar-refractivity contribution is 0.102. The molecule has 0 aliphatic heterocycles. The van der Waals surface area contributed by atoms with E-state index in [2.05, 4.69) is 20.6 Å². The van der Waals surface area contributed by atoms with Crippen LogP contribution in [0.2, 0.25) is 0 Å². The number of rotatable bonds is 4. The van der Waals surface area contributed by atoms with Crippen molar-refractivity contribution in [3.63, 3.8) is 0 Å². The van der Waals surface area contributed by atoms with E-state index in [1.807, 2.05) is 32.0 Å². The lowest BCUT2D eigenvalue weighted by Gasteiger charge is -2.09. The molecule has 1 aromatic heterocycles. The van der Waals surface area contributed by atoms with Crippen molar-refractivity contribution in [2.75, 3.05) is 10.6 Å². The van der Waals surface area contributed by atoms with Crippen LogP contribution in [-0.2, 0) is 0 Å². The van der Waals surface area contributed by atoms with Crippen LogP contribution in [0.15, 0.2) is 54.9 Å². The van der Waals surface area contributed by atoms with E-state index in [0.29, 0.717) is 17.2 Å². The zero-order valence-corrected chi connectivity index (χ0v) is 13.9. The van der Waals surface area contributed by atoms with Crippen LogP contribution < -0.4 is 10.6 Å². The summed E-state index contributed by atoms with van der Waals surface area (Å²) in [5.74, 6) is -0.305. The molecule has 0 aliphatic rings. The van der Waals surface area contributed by atoms with Gasteiger partial charge in [-0.3, -0.25) is 4.79 Å². The van der Waals surface area contributed by atoms with Gasteiger partial charge in [-0.2, -0.15) is 0 Å². The quantitative estimate of drug-likeness (QED) is 0.748. The van der Waals surface area contributed by atoms with Gasteiger partial charge in [0.2, 0.25) is 5.95 Å². The molecule has 0 aliphatic carbocycles. The van der Waals surface area contributed by atoms with Crippen LogP contribution in [0.25, 0.3) is 0 Å². The molecule has 0 bridgehead atoms. The third-order valence-electron chi connectivity index (χ3n) is 3.66. The fourth-order valence-electron chi connectivity index (χ4n) is 2.24. The lowest BCUT2D eigenvalue weighted by Crippen LogP contribution is -2.13. The third kappa shape index (κ3) is 4.17. The summed E-state index contributed by atoms with van der Waals surface area (Å²) in [5.41, 5.74) is 3.94. The Hall–Kier alpha value is -3.28. The van der Waals surface area contributed by atoms with E-state index < -0.39 is 0 Å². The van der Waals surface area contributed by atoms with Gasteiger partial charge in [0, 0.05) is 23.8 Å². The smallest absolute Gasteiger partial charge is 0.258 e. The number of anilines is 3. The molecule has 0 radical (unpaired) electrons. The first kappa shape index (κ1) is 16.6. The Kier molecular flexibility index (Phi) is 4.70. The first-order chi connectivity index (χ1) is 12.0. The van der Waals surface area contributed by atoms with E-state index >= 15 is 0 Å². The van der Waals surface area contributed by atoms with Gasteiger partial charge in [-0.25, -0.2) is 14.4 Å². The fourth-order valence-corrected chi connectivity index (χ4v) is 2.24. The van der Waals surface area contributed by atoms with Gasteiger partial charge in [-0.15, -0.1) is 0 Å². The van der Waals surface area contributed by atoms with Crippen molar-refractivity contribution in [2.45, 2.75) is 13.8 Å². The average Bonchev–Trinajstić information content (AvgIpc) is 2.61. The van der Waals surface area contributed by atoms with Gasteiger partial charge in [-0.1, -0.05) is 12.1 Å². The summed E-state index contributed by atoms with van der Waals surface area (Å²) in [6.07, 6.45) is 2.89. The van der Waals surface area contributed by atoms with E-state index in [4.69, 9.17) is 0 Å². The molecule has 0 saturated heterocycles. The summed E-state index contributed by atoms with van der Waals surface area (Å²) in [6, 6.07) is 11.6. The van der Waals surface area contributed by atoms with E-state index in [1.54, 1.807) is 0 Å². The highest BCUT2D eigenvalue weighted by Gasteiger charge is 2.08. The van der Waals surface area contributed by atoms with Crippen LogP contribution in [0.4, 0.5) is 21.7 Å². The van der Waals surface area contributed by atoms with Crippen molar-refractivity contribution in [3.05, 3.63) is 77.4 Å². The number of nitrogens with one attached hydrogen (secondary N) is 2. The number of hydrogen-bond acceptors (Lipinski definition) is 4. The molecule has 3 aromatic rings. The summed E-state index contributed by atoms with van der Waals surface area (Å²) >= 11 is 0. The summed E-state index contributed by atoms with van der Waals surface area (Å²) in [7, 11) is 0. The number of benzene rings is 2. The van der Waals surface area contributed by atoms with Crippen molar-refractivity contribution in [2.24, 2.45) is 0 Å². The van der Waals surface area contributed by atoms with Crippen molar-refractivity contribution >= 4 is 23.2 Å². The SMILES string of the molecule is Cc1ccc(C)c(Nc2ncc(C(=O)Nc3ccc(F)cc3)cn2)c1. The molecule has 3 rings (SSSR count). The molecule has 0 unspecified atom stereocenters. The normalized spacial score (nSPS) is 10.4. The predicted octanol–water partition coefficient (Wildman–Crippen LogP) is 4.23. The van der Waals surface area contributed by atoms with Crippen LogP contribution >= 0.6 is 0 Å². The number of aryl methyl sites for hydroxylation is 2. The number of nitrogens with zero attached hydrogens (tertiary/aromatic N) is 2. The Bertz CT molecular complexity index is 892. The first-order valence-corrected chi connectivity index (χ1v) is 7.74. The van der Waals surface area contributed by atoms with E-state index in [1.165, 1.54) is 36.7 Å². The summed E-state index contributed by atoms with van der Waals surface area (Å²) in [6.45, 7) is 4.00. The minimum Gasteiger partial charge on any atom is -0.324 e. The van der Waals surface area contributed by atoms with Gasteiger partial charge >= 0.3 is 0 Å². The number of halogens is 1. The molecule has 2 N–H and O–H groups in total. The summed E-state index contributed by atoms with van der Waals surface area (Å²) in [4.78, 5) is 20.5. The van der Waals surface area contributed by atoms with Gasteiger partial charge in [0.1, 0.15) is 5.82 Å². The van der Waals surface area contributed by atoms with E-state index in [-0.39, 0.29) is 11.7 Å². The molecule has 0 spiro atoms. The lowest BCUT2D eigenvalue weighted by atomic mass is 10.1. The largest absolute Gasteiger partial charge is 0.324 e. The standard InChI is InChI=1S/C19H17FN4O/c1-12-3-4-13(2)17(9-12)24-19-21-10-14(11-22-19)18(25)23-16-7-5-15(20)6-8-16/h3-11H,1-2H3,(H,23,25)(H,21,22,24). The zero-order valence-electron chi connectivity index (χ0n) is 13.9. The van der Waals surface area contributed by atoms with Crippen LogP contribution in [-0.4, -0.2) is 15.9 Å². The van der Waals surface area contributed by atoms with Crippen molar-refractivity contribution < 1.29 is 9.18 Å². The zero-order chi connectivity index (χ0) is 17.8. The van der Waals surface area contributed by atoms with Crippen molar-refractivity contribution in [1.29, 1.82) is 0 Å². The van der Waals surface area contributed by atoms with Gasteiger partial charge in [0.25, 0.3) is 5.91 Å². The molecule has 0 saturated carbocycles. The monoisotopic (exact) mass is 336 g/mol. The van der Waals surface area contributed by atoms with Crippen LogP contribution in [0.3, 0.4) is 0 Å². The Morgan fingerprint density at radius 1 is 1.00 bits per heavy atom. The Morgan fingerprint density at radius 2 is 1.68 bits per heavy atom. The molecule has 2 aromatic carbocycles. The maximum absolute atomic E-state index is 12.9. The molecule has 0 atom stereocenters. The minimum absolute atomic E-state index is 0.316. The van der Waals surface area contributed by atoms with Crippen molar-refractivity contribution in [1.82, 2.24) is 9.97 Å².